The lowest BCUT2D eigenvalue weighted by Gasteiger charge is -2.12. The van der Waals surface area contributed by atoms with Crippen LogP contribution in [-0.2, 0) is 16.3 Å². The molecule has 2 N–H and O–H groups in total. The summed E-state index contributed by atoms with van der Waals surface area (Å²) in [6, 6.07) is 3.95. The maximum Gasteiger partial charge on any atom is 0.314 e. The first kappa shape index (κ1) is 17.0. The smallest absolute Gasteiger partial charge is 0.314 e. The van der Waals surface area contributed by atoms with Gasteiger partial charge in [0, 0.05) is 23.7 Å². The zero-order valence-electron chi connectivity index (χ0n) is 11.9. The molecule has 22 heavy (non-hydrogen) atoms. The van der Waals surface area contributed by atoms with Gasteiger partial charge in [-0.25, -0.2) is 17.6 Å². The lowest BCUT2D eigenvalue weighted by molar-refractivity contribution is 0.241. The highest BCUT2D eigenvalue weighted by atomic mass is 35.5. The normalized spacial score (nSPS) is 19.8. The lowest BCUT2D eigenvalue weighted by Crippen LogP contribution is -2.41. The SMILES string of the molecule is O=C(NCCc1c(F)cccc1Cl)NC[C@H]1CCCS1(=O)=O. The minimum atomic E-state index is -3.07. The van der Waals surface area contributed by atoms with Gasteiger partial charge in [-0.15, -0.1) is 0 Å². The Bertz CT molecular complexity index is 631. The first-order valence-corrected chi connectivity index (χ1v) is 9.15. The summed E-state index contributed by atoms with van der Waals surface area (Å²) in [5, 5.41) is 4.92. The fourth-order valence-corrected chi connectivity index (χ4v) is 4.45. The van der Waals surface area contributed by atoms with E-state index < -0.39 is 26.9 Å². The van der Waals surface area contributed by atoms with Crippen molar-refractivity contribution in [2.75, 3.05) is 18.8 Å². The quantitative estimate of drug-likeness (QED) is 0.853. The zero-order valence-corrected chi connectivity index (χ0v) is 13.5. The zero-order chi connectivity index (χ0) is 16.2. The molecule has 1 aliphatic rings. The van der Waals surface area contributed by atoms with E-state index in [1.54, 1.807) is 6.07 Å². The molecule has 0 spiro atoms. The molecule has 0 aliphatic carbocycles. The Morgan fingerprint density at radius 3 is 2.77 bits per heavy atom. The standard InChI is InChI=1S/C14H18ClFN2O3S/c15-12-4-1-5-13(16)11(12)6-7-17-14(19)18-9-10-3-2-8-22(10,20)21/h1,4-5,10H,2-3,6-9H2,(H2,17,18,19)/t10-/m1/s1. The van der Waals surface area contributed by atoms with Crippen LogP contribution < -0.4 is 10.6 Å². The van der Waals surface area contributed by atoms with Crippen LogP contribution in [0.3, 0.4) is 0 Å². The minimum absolute atomic E-state index is 0.106. The van der Waals surface area contributed by atoms with Crippen LogP contribution in [0.4, 0.5) is 9.18 Å². The molecular weight excluding hydrogens is 331 g/mol. The lowest BCUT2D eigenvalue weighted by atomic mass is 10.1. The number of hydrogen-bond donors (Lipinski definition) is 2. The van der Waals surface area contributed by atoms with E-state index in [1.165, 1.54) is 12.1 Å². The molecule has 1 aromatic carbocycles. The molecule has 8 heteroatoms. The van der Waals surface area contributed by atoms with Crippen LogP contribution in [0, 0.1) is 5.82 Å². The molecule has 0 unspecified atom stereocenters. The van der Waals surface area contributed by atoms with Crippen LogP contribution >= 0.6 is 11.6 Å². The Morgan fingerprint density at radius 1 is 1.36 bits per heavy atom. The predicted octanol–water partition coefficient (Wildman–Crippen LogP) is 1.90. The van der Waals surface area contributed by atoms with Gasteiger partial charge in [0.15, 0.2) is 9.84 Å². The molecule has 122 valence electrons. The summed E-state index contributed by atoms with van der Waals surface area (Å²) in [5.74, 6) is -0.223. The van der Waals surface area contributed by atoms with E-state index in [0.29, 0.717) is 23.4 Å². The molecule has 1 fully saturated rings. The van der Waals surface area contributed by atoms with Crippen molar-refractivity contribution in [1.29, 1.82) is 0 Å². The van der Waals surface area contributed by atoms with Crippen LogP contribution in [0.25, 0.3) is 0 Å². The van der Waals surface area contributed by atoms with E-state index in [1.807, 2.05) is 0 Å². The summed E-state index contributed by atoms with van der Waals surface area (Å²) in [4.78, 5) is 11.6. The number of urea groups is 1. The second-order valence-corrected chi connectivity index (χ2v) is 8.03. The number of sulfone groups is 1. The maximum absolute atomic E-state index is 13.5. The third kappa shape index (κ3) is 4.33. The molecule has 2 rings (SSSR count). The molecule has 0 saturated carbocycles. The van der Waals surface area contributed by atoms with Gasteiger partial charge in [-0.1, -0.05) is 17.7 Å². The average molecular weight is 349 g/mol. The fourth-order valence-electron chi connectivity index (χ4n) is 2.43. The number of halogens is 2. The van der Waals surface area contributed by atoms with Gasteiger partial charge in [-0.2, -0.15) is 0 Å². The van der Waals surface area contributed by atoms with E-state index in [4.69, 9.17) is 11.6 Å². The van der Waals surface area contributed by atoms with Crippen molar-refractivity contribution in [3.8, 4) is 0 Å². The van der Waals surface area contributed by atoms with Crippen molar-refractivity contribution >= 4 is 27.5 Å². The Labute approximate surface area is 134 Å². The molecule has 5 nitrogen and oxygen atoms in total. The summed E-state index contributed by atoms with van der Waals surface area (Å²) >= 11 is 5.89. The minimum Gasteiger partial charge on any atom is -0.338 e. The van der Waals surface area contributed by atoms with E-state index in [-0.39, 0.29) is 25.3 Å². The summed E-state index contributed by atoms with van der Waals surface area (Å²) in [6.07, 6.45) is 1.48. The van der Waals surface area contributed by atoms with Gasteiger partial charge in [0.25, 0.3) is 0 Å². The van der Waals surface area contributed by atoms with E-state index in [9.17, 15) is 17.6 Å². The summed E-state index contributed by atoms with van der Waals surface area (Å²) in [6.45, 7) is 0.318. The summed E-state index contributed by atoms with van der Waals surface area (Å²) in [5.41, 5.74) is 0.350. The fraction of sp³-hybridized carbons (Fsp3) is 0.500. The van der Waals surface area contributed by atoms with Gasteiger partial charge in [-0.05, 0) is 31.4 Å². The molecule has 0 bridgehead atoms. The van der Waals surface area contributed by atoms with Crippen molar-refractivity contribution in [2.24, 2.45) is 0 Å². The third-order valence-electron chi connectivity index (χ3n) is 3.68. The van der Waals surface area contributed by atoms with Gasteiger partial charge in [0.1, 0.15) is 5.82 Å². The molecule has 1 saturated heterocycles. The maximum atomic E-state index is 13.5. The van der Waals surface area contributed by atoms with Crippen LogP contribution in [0.1, 0.15) is 18.4 Å². The number of rotatable bonds is 5. The highest BCUT2D eigenvalue weighted by molar-refractivity contribution is 7.92. The molecule has 1 aromatic rings. The van der Waals surface area contributed by atoms with E-state index >= 15 is 0 Å². The number of carbonyl (C=O) groups excluding carboxylic acids is 1. The number of benzene rings is 1. The number of amides is 2. The molecule has 1 heterocycles. The number of carbonyl (C=O) groups is 1. The van der Waals surface area contributed by atoms with Gasteiger partial charge >= 0.3 is 6.03 Å². The van der Waals surface area contributed by atoms with Crippen LogP contribution in [-0.4, -0.2) is 38.5 Å². The predicted molar refractivity (Wildman–Crippen MR) is 83.3 cm³/mol. The third-order valence-corrected chi connectivity index (χ3v) is 6.31. The molecule has 1 atom stereocenters. The molecule has 0 aromatic heterocycles. The number of hydrogen-bond acceptors (Lipinski definition) is 3. The van der Waals surface area contributed by atoms with Crippen molar-refractivity contribution < 1.29 is 17.6 Å². The second-order valence-electron chi connectivity index (χ2n) is 5.22. The average Bonchev–Trinajstić information content (AvgIpc) is 2.78. The first-order chi connectivity index (χ1) is 10.4. The van der Waals surface area contributed by atoms with Crippen molar-refractivity contribution in [3.63, 3.8) is 0 Å². The topological polar surface area (TPSA) is 75.3 Å². The second kappa shape index (κ2) is 7.28. The Balaban J connectivity index is 1.74. The van der Waals surface area contributed by atoms with Crippen molar-refractivity contribution in [1.82, 2.24) is 10.6 Å². The van der Waals surface area contributed by atoms with E-state index in [2.05, 4.69) is 10.6 Å². The Morgan fingerprint density at radius 2 is 2.14 bits per heavy atom. The van der Waals surface area contributed by atoms with Crippen molar-refractivity contribution in [2.45, 2.75) is 24.5 Å². The van der Waals surface area contributed by atoms with Crippen LogP contribution in [0.5, 0.6) is 0 Å². The van der Waals surface area contributed by atoms with Gasteiger partial charge in [0.2, 0.25) is 0 Å². The van der Waals surface area contributed by atoms with Gasteiger partial charge in [0.05, 0.1) is 11.0 Å². The summed E-state index contributed by atoms with van der Waals surface area (Å²) < 4.78 is 36.8. The number of nitrogens with one attached hydrogen (secondary N) is 2. The largest absolute Gasteiger partial charge is 0.338 e. The van der Waals surface area contributed by atoms with Crippen LogP contribution in [0.15, 0.2) is 18.2 Å². The van der Waals surface area contributed by atoms with Crippen LogP contribution in [0.2, 0.25) is 5.02 Å². The first-order valence-electron chi connectivity index (χ1n) is 7.06. The Hall–Kier alpha value is -1.34. The van der Waals surface area contributed by atoms with E-state index in [0.717, 1.165) is 0 Å². The Kier molecular flexibility index (Phi) is 5.63. The summed E-state index contributed by atoms with van der Waals surface area (Å²) in [7, 11) is -3.07. The van der Waals surface area contributed by atoms with Gasteiger partial charge in [-0.3, -0.25) is 0 Å². The molecule has 0 radical (unpaired) electrons. The molecular formula is C14H18ClFN2O3S. The molecule has 2 amide bonds. The van der Waals surface area contributed by atoms with Gasteiger partial charge < -0.3 is 10.6 Å². The molecule has 1 aliphatic heterocycles. The monoisotopic (exact) mass is 348 g/mol. The van der Waals surface area contributed by atoms with Crippen molar-refractivity contribution in [3.05, 3.63) is 34.6 Å². The highest BCUT2D eigenvalue weighted by Crippen LogP contribution is 2.19. The highest BCUT2D eigenvalue weighted by Gasteiger charge is 2.31.